The number of esters is 1. The molecule has 0 spiro atoms. The Hall–Kier alpha value is -3.08. The Bertz CT molecular complexity index is 1180. The van der Waals surface area contributed by atoms with Crippen molar-refractivity contribution in [1.29, 1.82) is 0 Å². The molecule has 0 radical (unpaired) electrons. The van der Waals surface area contributed by atoms with Gasteiger partial charge in [-0.1, -0.05) is 43.5 Å². The van der Waals surface area contributed by atoms with Gasteiger partial charge in [0.25, 0.3) is 0 Å². The number of hydrogen-bond donors (Lipinski definition) is 0. The third kappa shape index (κ3) is 5.78. The maximum Gasteiger partial charge on any atom is 0.330 e. The number of amides is 1. The first-order valence-corrected chi connectivity index (χ1v) is 14.7. The van der Waals surface area contributed by atoms with Crippen molar-refractivity contribution in [3.05, 3.63) is 65.7 Å². The van der Waals surface area contributed by atoms with Crippen LogP contribution in [0.5, 0.6) is 5.75 Å². The van der Waals surface area contributed by atoms with Gasteiger partial charge in [0, 0.05) is 24.2 Å². The Balaban J connectivity index is 1.40. The zero-order valence-corrected chi connectivity index (χ0v) is 23.8. The maximum absolute atomic E-state index is 14.1. The normalized spacial score (nSPS) is 25.3. The summed E-state index contributed by atoms with van der Waals surface area (Å²) < 4.78 is 10.2. The van der Waals surface area contributed by atoms with Gasteiger partial charge < -0.3 is 14.4 Å². The van der Waals surface area contributed by atoms with Crippen LogP contribution >= 0.6 is 0 Å². The molecule has 0 atom stereocenters. The quantitative estimate of drug-likeness (QED) is 0.263. The lowest BCUT2D eigenvalue weighted by molar-refractivity contribution is -0.134. The molecule has 0 heterocycles. The molecular weight excluding hydrogens is 486 g/mol. The van der Waals surface area contributed by atoms with Crippen molar-refractivity contribution >= 4 is 23.1 Å². The average Bonchev–Trinajstić information content (AvgIpc) is 3.01. The van der Waals surface area contributed by atoms with Gasteiger partial charge in [0.05, 0.1) is 14.2 Å². The first-order chi connectivity index (χ1) is 18.9. The first kappa shape index (κ1) is 27.5. The van der Waals surface area contributed by atoms with Crippen LogP contribution in [0.4, 0.5) is 5.69 Å². The molecule has 2 aromatic rings. The van der Waals surface area contributed by atoms with Gasteiger partial charge in [-0.15, -0.1) is 0 Å². The monoisotopic (exact) mass is 529 g/mol. The highest BCUT2D eigenvalue weighted by Crippen LogP contribution is 2.58. The molecule has 0 N–H and O–H groups in total. The number of fused-ring (bicyclic) bond motifs is 3. The number of allylic oxidation sites excluding steroid dienone is 1. The van der Waals surface area contributed by atoms with E-state index in [1.807, 2.05) is 19.1 Å². The topological polar surface area (TPSA) is 55.8 Å². The third-order valence-electron chi connectivity index (χ3n) is 9.97. The zero-order chi connectivity index (χ0) is 27.5. The van der Waals surface area contributed by atoms with Crippen LogP contribution in [0.3, 0.4) is 0 Å². The van der Waals surface area contributed by atoms with E-state index in [0.29, 0.717) is 0 Å². The smallest absolute Gasteiger partial charge is 0.330 e. The second-order valence-corrected chi connectivity index (χ2v) is 12.2. The largest absolute Gasteiger partial charge is 0.497 e. The van der Waals surface area contributed by atoms with Crippen LogP contribution in [0.15, 0.2) is 54.6 Å². The predicted octanol–water partition coefficient (Wildman–Crippen LogP) is 7.48. The van der Waals surface area contributed by atoms with Crippen LogP contribution in [-0.2, 0) is 19.7 Å². The van der Waals surface area contributed by atoms with E-state index in [0.717, 1.165) is 74.1 Å². The standard InChI is InChI=1S/C34H43NO4/c1-25(22-31(36)39-3)27-10-7-11-29(23-27)35(32(37)26-8-5-4-6-9-26)24-33-16-19-34(20-17-33,21-18-33)28-12-14-30(38-2)15-13-28/h7,10-15,22-23,26H,4-6,8-9,16-21,24H2,1-3H3/b25-22+. The average molecular weight is 530 g/mol. The molecule has 39 heavy (non-hydrogen) atoms. The van der Waals surface area contributed by atoms with Crippen molar-refractivity contribution < 1.29 is 19.1 Å². The fraction of sp³-hybridized carbons (Fsp3) is 0.529. The molecule has 5 nitrogen and oxygen atoms in total. The Morgan fingerprint density at radius 3 is 2.21 bits per heavy atom. The molecule has 2 bridgehead atoms. The Labute approximate surface area is 233 Å². The van der Waals surface area contributed by atoms with Crippen LogP contribution in [0.2, 0.25) is 0 Å². The Morgan fingerprint density at radius 1 is 0.923 bits per heavy atom. The number of carbonyl (C=O) groups excluding carboxylic acids is 2. The lowest BCUT2D eigenvalue weighted by Gasteiger charge is -2.55. The van der Waals surface area contributed by atoms with Crippen molar-refractivity contribution in [2.75, 3.05) is 25.7 Å². The number of benzene rings is 2. The zero-order valence-electron chi connectivity index (χ0n) is 23.8. The van der Waals surface area contributed by atoms with Crippen molar-refractivity contribution in [2.45, 2.75) is 83.0 Å². The van der Waals surface area contributed by atoms with E-state index in [2.05, 4.69) is 41.3 Å². The van der Waals surface area contributed by atoms with Crippen molar-refractivity contribution in [1.82, 2.24) is 0 Å². The molecule has 6 rings (SSSR count). The van der Waals surface area contributed by atoms with Gasteiger partial charge in [-0.2, -0.15) is 0 Å². The van der Waals surface area contributed by atoms with Gasteiger partial charge in [0.1, 0.15) is 5.75 Å². The number of nitrogens with zero attached hydrogens (tertiary/aromatic N) is 1. The van der Waals surface area contributed by atoms with Gasteiger partial charge in [-0.25, -0.2) is 4.79 Å². The molecule has 0 aromatic heterocycles. The van der Waals surface area contributed by atoms with Gasteiger partial charge in [0.15, 0.2) is 0 Å². The van der Waals surface area contributed by atoms with Crippen molar-refractivity contribution in [2.24, 2.45) is 11.3 Å². The molecule has 1 amide bonds. The van der Waals surface area contributed by atoms with Gasteiger partial charge in [-0.05, 0) is 110 Å². The molecule has 4 saturated carbocycles. The molecule has 4 aliphatic carbocycles. The van der Waals surface area contributed by atoms with Gasteiger partial charge in [0.2, 0.25) is 5.91 Å². The van der Waals surface area contributed by atoms with Crippen LogP contribution in [0.25, 0.3) is 5.57 Å². The van der Waals surface area contributed by atoms with E-state index in [4.69, 9.17) is 9.47 Å². The minimum Gasteiger partial charge on any atom is -0.497 e. The van der Waals surface area contributed by atoms with Crippen LogP contribution in [0, 0.1) is 11.3 Å². The Kier molecular flexibility index (Phi) is 8.16. The summed E-state index contributed by atoms with van der Waals surface area (Å²) >= 11 is 0. The highest BCUT2D eigenvalue weighted by atomic mass is 16.5. The molecular formula is C34H43NO4. The second kappa shape index (κ2) is 11.6. The minimum atomic E-state index is -0.364. The van der Waals surface area contributed by atoms with Crippen LogP contribution in [-0.4, -0.2) is 32.6 Å². The predicted molar refractivity (Wildman–Crippen MR) is 156 cm³/mol. The fourth-order valence-corrected chi connectivity index (χ4v) is 7.32. The molecule has 0 unspecified atom stereocenters. The number of hydrogen-bond acceptors (Lipinski definition) is 4. The lowest BCUT2D eigenvalue weighted by Crippen LogP contribution is -2.51. The summed E-state index contributed by atoms with van der Waals surface area (Å²) in [6.45, 7) is 2.70. The molecule has 208 valence electrons. The van der Waals surface area contributed by atoms with Gasteiger partial charge >= 0.3 is 5.97 Å². The maximum atomic E-state index is 14.1. The van der Waals surface area contributed by atoms with E-state index < -0.39 is 0 Å². The number of rotatable bonds is 8. The minimum absolute atomic E-state index is 0.107. The molecule has 4 fully saturated rings. The highest BCUT2D eigenvalue weighted by Gasteiger charge is 2.50. The van der Waals surface area contributed by atoms with Gasteiger partial charge in [-0.3, -0.25) is 4.79 Å². The first-order valence-electron chi connectivity index (χ1n) is 14.7. The lowest BCUT2D eigenvalue weighted by atomic mass is 9.51. The number of carbonyl (C=O) groups is 2. The molecule has 2 aromatic carbocycles. The Morgan fingerprint density at radius 2 is 1.59 bits per heavy atom. The molecule has 0 saturated heterocycles. The van der Waals surface area contributed by atoms with Crippen molar-refractivity contribution in [3.8, 4) is 5.75 Å². The summed E-state index contributed by atoms with van der Waals surface area (Å²) in [6.07, 6.45) is 14.0. The number of methoxy groups -OCH3 is 2. The van der Waals surface area contributed by atoms with E-state index >= 15 is 0 Å². The van der Waals surface area contributed by atoms with E-state index in [1.54, 1.807) is 7.11 Å². The summed E-state index contributed by atoms with van der Waals surface area (Å²) in [5.74, 6) is 0.938. The van der Waals surface area contributed by atoms with E-state index in [9.17, 15) is 9.59 Å². The summed E-state index contributed by atoms with van der Waals surface area (Å²) in [5, 5.41) is 0. The van der Waals surface area contributed by atoms with Crippen LogP contribution in [0.1, 0.15) is 88.7 Å². The summed E-state index contributed by atoms with van der Waals surface area (Å²) in [6, 6.07) is 16.9. The molecule has 4 aliphatic rings. The molecule has 5 heteroatoms. The highest BCUT2D eigenvalue weighted by molar-refractivity contribution is 5.96. The van der Waals surface area contributed by atoms with E-state index in [1.165, 1.54) is 44.4 Å². The van der Waals surface area contributed by atoms with Crippen LogP contribution < -0.4 is 9.64 Å². The van der Waals surface area contributed by atoms with E-state index in [-0.39, 0.29) is 28.6 Å². The van der Waals surface area contributed by atoms with Crippen molar-refractivity contribution in [3.63, 3.8) is 0 Å². The third-order valence-corrected chi connectivity index (χ3v) is 9.97. The summed E-state index contributed by atoms with van der Waals surface area (Å²) in [5.41, 5.74) is 4.59. The summed E-state index contributed by atoms with van der Waals surface area (Å²) in [7, 11) is 3.11. The second-order valence-electron chi connectivity index (χ2n) is 12.2. The number of anilines is 1. The molecule has 0 aliphatic heterocycles. The SMILES string of the molecule is COC(=O)/C=C(\C)c1cccc(N(CC23CCC(c4ccc(OC)cc4)(CC2)CC3)C(=O)C2CCCCC2)c1. The number of ether oxygens (including phenoxy) is 2. The fourth-order valence-electron chi connectivity index (χ4n) is 7.32. The summed E-state index contributed by atoms with van der Waals surface area (Å²) in [4.78, 5) is 28.1.